The molecule has 0 N–H and O–H groups in total. The standard InChI is InChI=1S/C18H14ClF5N4O/c1-9-5-10(18(22,23)24)6-16(26-9)28-14(3-4-25-28)17(29)27(2)15-7-11(19)12(20)8-13(15)21/h4-8,14H,3H2,1-2H3. The normalized spacial score (nSPS) is 16.4. The molecule has 29 heavy (non-hydrogen) atoms. The number of halogens is 6. The summed E-state index contributed by atoms with van der Waals surface area (Å²) in [4.78, 5) is 17.8. The minimum Gasteiger partial charge on any atom is -0.311 e. The van der Waals surface area contributed by atoms with Gasteiger partial charge >= 0.3 is 6.18 Å². The number of aryl methyl sites for hydroxylation is 1. The van der Waals surface area contributed by atoms with Crippen molar-refractivity contribution in [2.45, 2.75) is 25.6 Å². The second kappa shape index (κ2) is 7.58. The van der Waals surface area contributed by atoms with Gasteiger partial charge in [-0.3, -0.25) is 4.79 Å². The Balaban J connectivity index is 1.93. The van der Waals surface area contributed by atoms with E-state index in [2.05, 4.69) is 10.1 Å². The predicted molar refractivity (Wildman–Crippen MR) is 98.1 cm³/mol. The molecule has 11 heteroatoms. The zero-order chi connectivity index (χ0) is 21.5. The molecule has 0 aliphatic carbocycles. The summed E-state index contributed by atoms with van der Waals surface area (Å²) in [6.07, 6.45) is -3.19. The Hall–Kier alpha value is -2.75. The zero-order valence-corrected chi connectivity index (χ0v) is 15.9. The van der Waals surface area contributed by atoms with Crippen LogP contribution in [-0.2, 0) is 11.0 Å². The first-order valence-corrected chi connectivity index (χ1v) is 8.66. The molecule has 5 nitrogen and oxygen atoms in total. The van der Waals surface area contributed by atoms with E-state index in [1.165, 1.54) is 20.2 Å². The van der Waals surface area contributed by atoms with Crippen LogP contribution < -0.4 is 9.91 Å². The van der Waals surface area contributed by atoms with E-state index in [0.717, 1.165) is 28.1 Å². The average Bonchev–Trinajstić information content (AvgIpc) is 3.12. The summed E-state index contributed by atoms with van der Waals surface area (Å²) >= 11 is 5.67. The lowest BCUT2D eigenvalue weighted by Crippen LogP contribution is -2.44. The Morgan fingerprint density at radius 2 is 1.90 bits per heavy atom. The van der Waals surface area contributed by atoms with Crippen molar-refractivity contribution >= 4 is 35.2 Å². The number of nitrogens with zero attached hydrogens (tertiary/aromatic N) is 4. The van der Waals surface area contributed by atoms with Crippen LogP contribution in [0.4, 0.5) is 33.5 Å². The molecular formula is C18H14ClF5N4O. The maximum absolute atomic E-state index is 14.1. The molecule has 1 atom stereocenters. The van der Waals surface area contributed by atoms with E-state index in [9.17, 15) is 26.7 Å². The molecule has 0 bridgehead atoms. The highest BCUT2D eigenvalue weighted by Crippen LogP contribution is 2.34. The molecule has 0 radical (unpaired) electrons. The van der Waals surface area contributed by atoms with Crippen molar-refractivity contribution in [1.82, 2.24) is 4.98 Å². The third-order valence-corrected chi connectivity index (χ3v) is 4.59. The number of hydrogen-bond acceptors (Lipinski definition) is 4. The van der Waals surface area contributed by atoms with Crippen molar-refractivity contribution in [3.8, 4) is 0 Å². The van der Waals surface area contributed by atoms with Crippen molar-refractivity contribution < 1.29 is 26.7 Å². The number of anilines is 2. The Morgan fingerprint density at radius 1 is 1.21 bits per heavy atom. The smallest absolute Gasteiger partial charge is 0.311 e. The summed E-state index contributed by atoms with van der Waals surface area (Å²) in [5.41, 5.74) is -1.12. The zero-order valence-electron chi connectivity index (χ0n) is 15.1. The van der Waals surface area contributed by atoms with Crippen molar-refractivity contribution in [2.75, 3.05) is 17.0 Å². The first kappa shape index (κ1) is 21.0. The van der Waals surface area contributed by atoms with Crippen LogP contribution in [0.2, 0.25) is 5.02 Å². The van der Waals surface area contributed by atoms with Crippen LogP contribution >= 0.6 is 11.6 Å². The lowest BCUT2D eigenvalue weighted by molar-refractivity contribution is -0.137. The second-order valence-electron chi connectivity index (χ2n) is 6.36. The number of carbonyl (C=O) groups excluding carboxylic acids is 1. The molecule has 2 aromatic rings. The number of aromatic nitrogens is 1. The van der Waals surface area contributed by atoms with Crippen LogP contribution in [-0.4, -0.2) is 30.2 Å². The maximum Gasteiger partial charge on any atom is 0.416 e. The molecule has 1 unspecified atom stereocenters. The van der Waals surface area contributed by atoms with Crippen LogP contribution in [0.5, 0.6) is 0 Å². The number of hydrogen-bond donors (Lipinski definition) is 0. The molecule has 0 fully saturated rings. The van der Waals surface area contributed by atoms with Gasteiger partial charge < -0.3 is 4.90 Å². The molecule has 1 aliphatic heterocycles. The summed E-state index contributed by atoms with van der Waals surface area (Å²) in [6, 6.07) is 2.10. The summed E-state index contributed by atoms with van der Waals surface area (Å²) in [5.74, 6) is -2.85. The molecule has 2 heterocycles. The summed E-state index contributed by atoms with van der Waals surface area (Å²) in [7, 11) is 1.25. The van der Waals surface area contributed by atoms with E-state index in [-0.39, 0.29) is 28.6 Å². The van der Waals surface area contributed by atoms with Crippen LogP contribution in [0.15, 0.2) is 29.4 Å². The summed E-state index contributed by atoms with van der Waals surface area (Å²) in [5, 5.41) is 4.62. The fourth-order valence-corrected chi connectivity index (χ4v) is 3.04. The largest absolute Gasteiger partial charge is 0.416 e. The number of hydrazone groups is 1. The Kier molecular flexibility index (Phi) is 5.48. The molecule has 0 saturated carbocycles. The van der Waals surface area contributed by atoms with Gasteiger partial charge in [-0.05, 0) is 25.1 Å². The molecule has 1 aromatic carbocycles. The van der Waals surface area contributed by atoms with E-state index in [0.29, 0.717) is 6.07 Å². The summed E-state index contributed by atoms with van der Waals surface area (Å²) < 4.78 is 66.8. The Bertz CT molecular complexity index is 995. The molecule has 0 saturated heterocycles. The number of benzene rings is 1. The fourth-order valence-electron chi connectivity index (χ4n) is 2.88. The highest BCUT2D eigenvalue weighted by molar-refractivity contribution is 6.31. The molecule has 1 aromatic heterocycles. The predicted octanol–water partition coefficient (Wildman–Crippen LogP) is 4.57. The molecule has 1 amide bonds. The molecule has 3 rings (SSSR count). The Morgan fingerprint density at radius 3 is 2.55 bits per heavy atom. The van der Waals surface area contributed by atoms with Gasteiger partial charge in [-0.2, -0.15) is 18.3 Å². The first-order valence-electron chi connectivity index (χ1n) is 8.28. The van der Waals surface area contributed by atoms with Gasteiger partial charge in [-0.15, -0.1) is 0 Å². The van der Waals surface area contributed by atoms with Crippen molar-refractivity contribution in [3.63, 3.8) is 0 Å². The molecule has 0 spiro atoms. The maximum atomic E-state index is 14.1. The number of amides is 1. The molecular weight excluding hydrogens is 419 g/mol. The Labute approximate surface area is 167 Å². The number of rotatable bonds is 3. The van der Waals surface area contributed by atoms with Crippen LogP contribution in [0, 0.1) is 18.6 Å². The van der Waals surface area contributed by atoms with E-state index < -0.39 is 35.3 Å². The van der Waals surface area contributed by atoms with Gasteiger partial charge in [0.25, 0.3) is 5.91 Å². The lowest BCUT2D eigenvalue weighted by atomic mass is 10.1. The third-order valence-electron chi connectivity index (χ3n) is 4.30. The van der Waals surface area contributed by atoms with Crippen molar-refractivity contribution in [2.24, 2.45) is 5.10 Å². The minimum atomic E-state index is -4.60. The topological polar surface area (TPSA) is 48.8 Å². The SMILES string of the molecule is Cc1cc(C(F)(F)F)cc(N2N=CCC2C(=O)N(C)c2cc(Cl)c(F)cc2F)n1. The average molecular weight is 433 g/mol. The van der Waals surface area contributed by atoms with Gasteiger partial charge in [0.2, 0.25) is 0 Å². The molecule has 1 aliphatic rings. The first-order chi connectivity index (χ1) is 13.5. The van der Waals surface area contributed by atoms with Crippen LogP contribution in [0.1, 0.15) is 17.7 Å². The molecule has 154 valence electrons. The summed E-state index contributed by atoms with van der Waals surface area (Å²) in [6.45, 7) is 1.39. The number of alkyl halides is 3. The van der Waals surface area contributed by atoms with Crippen molar-refractivity contribution in [1.29, 1.82) is 0 Å². The number of carbonyl (C=O) groups is 1. The van der Waals surface area contributed by atoms with E-state index in [4.69, 9.17) is 11.6 Å². The monoisotopic (exact) mass is 432 g/mol. The number of likely N-dealkylation sites (N-methyl/N-ethyl adjacent to an activating group) is 1. The van der Waals surface area contributed by atoms with Gasteiger partial charge in [0.1, 0.15) is 23.5 Å². The third kappa shape index (κ3) is 4.16. The van der Waals surface area contributed by atoms with Crippen molar-refractivity contribution in [3.05, 3.63) is 52.2 Å². The van der Waals surface area contributed by atoms with E-state index >= 15 is 0 Å². The fraction of sp³-hybridized carbons (Fsp3) is 0.278. The lowest BCUT2D eigenvalue weighted by Gasteiger charge is -2.27. The van der Waals surface area contributed by atoms with Crippen LogP contribution in [0.25, 0.3) is 0 Å². The highest BCUT2D eigenvalue weighted by Gasteiger charge is 2.36. The van der Waals surface area contributed by atoms with Gasteiger partial charge in [-0.25, -0.2) is 18.8 Å². The van der Waals surface area contributed by atoms with Crippen LogP contribution in [0.3, 0.4) is 0 Å². The quantitative estimate of drug-likeness (QED) is 0.527. The van der Waals surface area contributed by atoms with E-state index in [1.807, 2.05) is 0 Å². The minimum absolute atomic E-state index is 0.0662. The van der Waals surface area contributed by atoms with Gasteiger partial charge in [0.05, 0.1) is 16.3 Å². The number of pyridine rings is 1. The van der Waals surface area contributed by atoms with Gasteiger partial charge in [-0.1, -0.05) is 11.6 Å². The highest BCUT2D eigenvalue weighted by atomic mass is 35.5. The second-order valence-corrected chi connectivity index (χ2v) is 6.77. The van der Waals surface area contributed by atoms with E-state index in [1.54, 1.807) is 0 Å². The van der Waals surface area contributed by atoms with Gasteiger partial charge in [0, 0.05) is 31.4 Å². The van der Waals surface area contributed by atoms with Gasteiger partial charge in [0.15, 0.2) is 0 Å².